The lowest BCUT2D eigenvalue weighted by atomic mass is 10.2. The third kappa shape index (κ3) is 4.33. The molecular formula is C13H24N4O2. The molecule has 0 amide bonds. The van der Waals surface area contributed by atoms with E-state index in [0.717, 1.165) is 12.2 Å². The van der Waals surface area contributed by atoms with E-state index in [9.17, 15) is 4.79 Å². The first-order valence-corrected chi connectivity index (χ1v) is 6.45. The van der Waals surface area contributed by atoms with Gasteiger partial charge in [0.2, 0.25) is 0 Å². The van der Waals surface area contributed by atoms with E-state index in [1.54, 1.807) is 12.5 Å². The number of methoxy groups -OCH3 is 1. The van der Waals surface area contributed by atoms with Gasteiger partial charge in [-0.3, -0.25) is 5.32 Å². The van der Waals surface area contributed by atoms with Crippen LogP contribution in [-0.4, -0.2) is 54.7 Å². The smallest absolute Gasteiger partial charge is 0.329 e. The van der Waals surface area contributed by atoms with Crippen LogP contribution in [0.2, 0.25) is 0 Å². The molecule has 6 heteroatoms. The molecule has 0 radical (unpaired) electrons. The van der Waals surface area contributed by atoms with E-state index < -0.39 is 6.04 Å². The molecule has 0 aliphatic rings. The first kappa shape index (κ1) is 15.7. The summed E-state index contributed by atoms with van der Waals surface area (Å²) in [5.41, 5.74) is 0.834. The Balaban J connectivity index is 2.84. The van der Waals surface area contributed by atoms with Crippen LogP contribution in [0.25, 0.3) is 0 Å². The molecule has 0 aromatic carbocycles. The van der Waals surface area contributed by atoms with Crippen molar-refractivity contribution in [2.24, 2.45) is 0 Å². The number of hydrogen-bond donors (Lipinski definition) is 1. The average Bonchev–Trinajstić information content (AvgIpc) is 2.82. The number of nitrogens with zero attached hydrogens (tertiary/aromatic N) is 3. The predicted molar refractivity (Wildman–Crippen MR) is 73.9 cm³/mol. The summed E-state index contributed by atoms with van der Waals surface area (Å²) >= 11 is 0. The zero-order chi connectivity index (χ0) is 14.4. The molecule has 0 spiro atoms. The second kappa shape index (κ2) is 7.25. The van der Waals surface area contributed by atoms with Crippen molar-refractivity contribution >= 4 is 5.97 Å². The van der Waals surface area contributed by atoms with Gasteiger partial charge in [-0.05, 0) is 27.9 Å². The summed E-state index contributed by atoms with van der Waals surface area (Å²) in [6, 6.07) is -0.227. The highest BCUT2D eigenvalue weighted by atomic mass is 16.5. The Morgan fingerprint density at radius 1 is 1.53 bits per heavy atom. The van der Waals surface area contributed by atoms with Gasteiger partial charge in [-0.15, -0.1) is 0 Å². The van der Waals surface area contributed by atoms with Gasteiger partial charge in [-0.2, -0.15) is 0 Å². The molecule has 1 N–H and O–H groups in total. The Hall–Kier alpha value is -1.40. The summed E-state index contributed by atoms with van der Waals surface area (Å²) in [5, 5.41) is 3.22. The fraction of sp³-hybridized carbons (Fsp3) is 0.692. The predicted octanol–water partition coefficient (Wildman–Crippen LogP) is 0.829. The molecule has 1 aromatic heterocycles. The summed E-state index contributed by atoms with van der Waals surface area (Å²) < 4.78 is 6.85. The molecule has 6 nitrogen and oxygen atoms in total. The Bertz CT molecular complexity index is 401. The Kier molecular flexibility index (Phi) is 5.98. The number of nitrogens with one attached hydrogen (secondary N) is 1. The van der Waals surface area contributed by atoms with Crippen molar-refractivity contribution in [2.45, 2.75) is 25.9 Å². The largest absolute Gasteiger partial charge is 0.468 e. The number of carbonyl (C=O) groups is 1. The monoisotopic (exact) mass is 268 g/mol. The van der Waals surface area contributed by atoms with Crippen molar-refractivity contribution in [1.29, 1.82) is 0 Å². The Morgan fingerprint density at radius 3 is 2.74 bits per heavy atom. The zero-order valence-electron chi connectivity index (χ0n) is 12.4. The summed E-state index contributed by atoms with van der Waals surface area (Å²) in [5.74, 6) is -0.291. The highest BCUT2D eigenvalue weighted by Crippen LogP contribution is 2.18. The minimum Gasteiger partial charge on any atom is -0.468 e. The molecule has 1 aromatic rings. The van der Waals surface area contributed by atoms with Crippen molar-refractivity contribution in [1.82, 2.24) is 19.8 Å². The van der Waals surface area contributed by atoms with E-state index in [4.69, 9.17) is 4.74 Å². The number of carbonyl (C=O) groups excluding carboxylic acids is 1. The van der Waals surface area contributed by atoms with Gasteiger partial charge in [0, 0.05) is 19.1 Å². The Morgan fingerprint density at radius 2 is 2.21 bits per heavy atom. The summed E-state index contributed by atoms with van der Waals surface area (Å²) in [4.78, 5) is 18.1. The lowest BCUT2D eigenvalue weighted by Crippen LogP contribution is -2.35. The molecule has 0 bridgehead atoms. The minimum atomic E-state index is -0.477. The van der Waals surface area contributed by atoms with Crippen LogP contribution in [-0.2, 0) is 9.53 Å². The lowest BCUT2D eigenvalue weighted by molar-refractivity contribution is -0.143. The topological polar surface area (TPSA) is 59.4 Å². The normalized spacial score (nSPS) is 13.0. The summed E-state index contributed by atoms with van der Waals surface area (Å²) in [7, 11) is 5.39. The third-order valence-electron chi connectivity index (χ3n) is 2.89. The number of likely N-dealkylation sites (N-methyl/N-ethyl adjacent to an activating group) is 1. The molecule has 0 aliphatic carbocycles. The van der Waals surface area contributed by atoms with Crippen LogP contribution in [0, 0.1) is 0 Å². The number of hydrogen-bond acceptors (Lipinski definition) is 5. The molecule has 1 unspecified atom stereocenters. The maximum Gasteiger partial charge on any atom is 0.329 e. The quantitative estimate of drug-likeness (QED) is 0.742. The van der Waals surface area contributed by atoms with Crippen molar-refractivity contribution in [3.8, 4) is 0 Å². The SMILES string of the molecule is COC(=O)C(NCCN(C)C)c1cncn1C(C)C. The second-order valence-electron chi connectivity index (χ2n) is 5.03. The zero-order valence-corrected chi connectivity index (χ0v) is 12.4. The maximum absolute atomic E-state index is 11.9. The lowest BCUT2D eigenvalue weighted by Gasteiger charge is -2.21. The van der Waals surface area contributed by atoms with E-state index >= 15 is 0 Å². The van der Waals surface area contributed by atoms with E-state index in [1.807, 2.05) is 18.7 Å². The first-order valence-electron chi connectivity index (χ1n) is 6.45. The van der Waals surface area contributed by atoms with Crippen LogP contribution >= 0.6 is 0 Å². The Labute approximate surface area is 114 Å². The van der Waals surface area contributed by atoms with E-state index in [-0.39, 0.29) is 12.0 Å². The molecule has 0 fully saturated rings. The average molecular weight is 268 g/mol. The van der Waals surface area contributed by atoms with Gasteiger partial charge >= 0.3 is 5.97 Å². The molecule has 0 saturated carbocycles. The number of imidazole rings is 1. The van der Waals surface area contributed by atoms with Crippen LogP contribution in [0.5, 0.6) is 0 Å². The molecular weight excluding hydrogens is 244 g/mol. The van der Waals surface area contributed by atoms with Crippen molar-refractivity contribution in [3.05, 3.63) is 18.2 Å². The number of esters is 1. The van der Waals surface area contributed by atoms with Gasteiger partial charge in [0.05, 0.1) is 25.3 Å². The van der Waals surface area contributed by atoms with Crippen molar-refractivity contribution < 1.29 is 9.53 Å². The maximum atomic E-state index is 11.9. The highest BCUT2D eigenvalue weighted by Gasteiger charge is 2.25. The third-order valence-corrected chi connectivity index (χ3v) is 2.89. The van der Waals surface area contributed by atoms with Crippen molar-refractivity contribution in [3.63, 3.8) is 0 Å². The van der Waals surface area contributed by atoms with Crippen molar-refractivity contribution in [2.75, 3.05) is 34.3 Å². The van der Waals surface area contributed by atoms with Gasteiger partial charge < -0.3 is 14.2 Å². The van der Waals surface area contributed by atoms with Crippen LogP contribution in [0.15, 0.2) is 12.5 Å². The molecule has 108 valence electrons. The molecule has 1 atom stereocenters. The van der Waals surface area contributed by atoms with E-state index in [1.165, 1.54) is 7.11 Å². The standard InChI is InChI=1S/C13H24N4O2/c1-10(2)17-9-14-8-11(17)12(13(18)19-5)15-6-7-16(3)4/h8-10,12,15H,6-7H2,1-5H3. The minimum absolute atomic E-state index is 0.250. The fourth-order valence-corrected chi connectivity index (χ4v) is 1.83. The number of aromatic nitrogens is 2. The van der Waals surface area contributed by atoms with Gasteiger partial charge in [-0.25, -0.2) is 9.78 Å². The second-order valence-corrected chi connectivity index (χ2v) is 5.03. The molecule has 0 aliphatic heterocycles. The molecule has 1 heterocycles. The van der Waals surface area contributed by atoms with Crippen LogP contribution in [0.1, 0.15) is 31.6 Å². The number of ether oxygens (including phenoxy) is 1. The molecule has 0 saturated heterocycles. The molecule has 1 rings (SSSR count). The van der Waals surface area contributed by atoms with Crippen LogP contribution in [0.3, 0.4) is 0 Å². The van der Waals surface area contributed by atoms with Gasteiger partial charge in [0.15, 0.2) is 0 Å². The van der Waals surface area contributed by atoms with Crippen LogP contribution < -0.4 is 5.32 Å². The van der Waals surface area contributed by atoms with Gasteiger partial charge in [0.1, 0.15) is 6.04 Å². The summed E-state index contributed by atoms with van der Waals surface area (Å²) in [6.07, 6.45) is 3.45. The molecule has 19 heavy (non-hydrogen) atoms. The fourth-order valence-electron chi connectivity index (χ4n) is 1.83. The number of rotatable bonds is 7. The van der Waals surface area contributed by atoms with Gasteiger partial charge in [0.25, 0.3) is 0 Å². The summed E-state index contributed by atoms with van der Waals surface area (Å²) in [6.45, 7) is 5.66. The highest BCUT2D eigenvalue weighted by molar-refractivity contribution is 5.76. The first-order chi connectivity index (χ1) is 8.97. The van der Waals surface area contributed by atoms with Crippen LogP contribution in [0.4, 0.5) is 0 Å². The van der Waals surface area contributed by atoms with Gasteiger partial charge in [-0.1, -0.05) is 0 Å². The van der Waals surface area contributed by atoms with E-state index in [2.05, 4.69) is 29.0 Å². The van der Waals surface area contributed by atoms with E-state index in [0.29, 0.717) is 6.54 Å².